The van der Waals surface area contributed by atoms with Gasteiger partial charge in [-0.05, 0) is 52.4 Å². The molecule has 0 fully saturated rings. The summed E-state index contributed by atoms with van der Waals surface area (Å²) >= 11 is 0. The van der Waals surface area contributed by atoms with Crippen LogP contribution in [0.1, 0.15) is 25.0 Å². The molecule has 12 aromatic rings. The maximum absolute atomic E-state index is 6.60. The first-order valence-corrected chi connectivity index (χ1v) is 19.9. The minimum atomic E-state index is -0.196. The third-order valence-electron chi connectivity index (χ3n) is 12.7. The summed E-state index contributed by atoms with van der Waals surface area (Å²) in [6, 6.07) is 60.9. The molecule has 0 saturated carbocycles. The number of hydrogen-bond acceptors (Lipinski definition) is 3. The van der Waals surface area contributed by atoms with Crippen molar-refractivity contribution < 1.29 is 4.42 Å². The Hall–Kier alpha value is -7.50. The number of para-hydroxylation sites is 3. The molecule has 0 N–H and O–H groups in total. The fraction of sp³-hybridized carbons (Fsp3) is 0.0566. The first kappa shape index (κ1) is 31.7. The summed E-state index contributed by atoms with van der Waals surface area (Å²) in [6.07, 6.45) is 0. The highest BCUT2D eigenvalue weighted by Crippen LogP contribution is 2.54. The van der Waals surface area contributed by atoms with Crippen LogP contribution >= 0.6 is 0 Å². The first-order chi connectivity index (χ1) is 28.6. The zero-order valence-corrected chi connectivity index (χ0v) is 31.9. The molecule has 5 nitrogen and oxygen atoms in total. The Balaban J connectivity index is 1.27. The van der Waals surface area contributed by atoms with Gasteiger partial charge in [-0.3, -0.25) is 4.57 Å². The van der Waals surface area contributed by atoms with E-state index in [1.807, 2.05) is 18.2 Å². The number of rotatable bonds is 3. The van der Waals surface area contributed by atoms with E-state index in [2.05, 4.69) is 175 Å². The van der Waals surface area contributed by atoms with Gasteiger partial charge < -0.3 is 8.98 Å². The molecule has 0 saturated heterocycles. The Morgan fingerprint density at radius 1 is 0.500 bits per heavy atom. The highest BCUT2D eigenvalue weighted by Gasteiger charge is 2.38. The van der Waals surface area contributed by atoms with Crippen molar-refractivity contribution in [2.24, 2.45) is 0 Å². The lowest BCUT2D eigenvalue weighted by atomic mass is 9.82. The normalized spacial score (nSPS) is 13.5. The predicted octanol–water partition coefficient (Wildman–Crippen LogP) is 13.7. The maximum atomic E-state index is 6.60. The molecule has 4 aromatic heterocycles. The van der Waals surface area contributed by atoms with Gasteiger partial charge in [0.05, 0.1) is 27.8 Å². The van der Waals surface area contributed by atoms with Crippen LogP contribution in [0.3, 0.4) is 0 Å². The van der Waals surface area contributed by atoms with E-state index < -0.39 is 0 Å². The molecule has 0 unspecified atom stereocenters. The summed E-state index contributed by atoms with van der Waals surface area (Å²) in [5.41, 5.74) is 14.5. The van der Waals surface area contributed by atoms with Gasteiger partial charge in [-0.15, -0.1) is 0 Å². The van der Waals surface area contributed by atoms with Crippen molar-refractivity contribution in [1.82, 2.24) is 19.1 Å². The number of benzene rings is 8. The quantitative estimate of drug-likeness (QED) is 0.181. The summed E-state index contributed by atoms with van der Waals surface area (Å²) in [7, 11) is 0. The summed E-state index contributed by atoms with van der Waals surface area (Å²) in [5, 5.41) is 8.15. The van der Waals surface area contributed by atoms with Gasteiger partial charge in [0.1, 0.15) is 16.8 Å². The Bertz CT molecular complexity index is 3660. The number of aromatic nitrogens is 4. The van der Waals surface area contributed by atoms with Crippen LogP contribution in [0.5, 0.6) is 0 Å². The second kappa shape index (κ2) is 11.3. The summed E-state index contributed by atoms with van der Waals surface area (Å²) < 4.78 is 11.4. The lowest BCUT2D eigenvalue weighted by molar-refractivity contribution is 0.660. The van der Waals surface area contributed by atoms with Gasteiger partial charge >= 0.3 is 0 Å². The minimum Gasteiger partial charge on any atom is -0.452 e. The van der Waals surface area contributed by atoms with E-state index in [-0.39, 0.29) is 5.41 Å². The largest absolute Gasteiger partial charge is 0.452 e. The second-order valence-electron chi connectivity index (χ2n) is 16.1. The number of hydrogen-bond donors (Lipinski definition) is 0. The molecule has 5 heteroatoms. The lowest BCUT2D eigenvalue weighted by Crippen LogP contribution is -2.14. The van der Waals surface area contributed by atoms with Crippen molar-refractivity contribution in [2.75, 3.05) is 0 Å². The molecule has 0 radical (unpaired) electrons. The van der Waals surface area contributed by atoms with Crippen LogP contribution in [0.25, 0.3) is 110 Å². The second-order valence-corrected chi connectivity index (χ2v) is 16.1. The fourth-order valence-corrected chi connectivity index (χ4v) is 10.2. The van der Waals surface area contributed by atoms with Gasteiger partial charge in [-0.2, -0.15) is 0 Å². The first-order valence-electron chi connectivity index (χ1n) is 19.9. The highest BCUT2D eigenvalue weighted by molar-refractivity contribution is 6.26. The predicted molar refractivity (Wildman–Crippen MR) is 238 cm³/mol. The molecule has 1 aliphatic carbocycles. The van der Waals surface area contributed by atoms with Crippen LogP contribution in [0, 0.1) is 0 Å². The smallest absolute Gasteiger partial charge is 0.236 e. The molecule has 0 spiro atoms. The van der Waals surface area contributed by atoms with Gasteiger partial charge in [-0.1, -0.05) is 153 Å². The molecule has 58 heavy (non-hydrogen) atoms. The van der Waals surface area contributed by atoms with Crippen molar-refractivity contribution in [3.05, 3.63) is 181 Å². The monoisotopic (exact) mass is 742 g/mol. The fourth-order valence-electron chi connectivity index (χ4n) is 10.2. The van der Waals surface area contributed by atoms with E-state index in [4.69, 9.17) is 14.4 Å². The zero-order chi connectivity index (χ0) is 38.3. The van der Waals surface area contributed by atoms with Crippen molar-refractivity contribution in [2.45, 2.75) is 19.3 Å². The number of nitrogens with zero attached hydrogens (tertiary/aromatic N) is 4. The standard InChI is InChI=1S/C53H34N4O/c1-53(2)39-24-12-8-22-36(39)47-40(53)29-28-38-46-35-21-7-6-20-34(35)43(56-41-25-13-9-18-32(41)33-19-10-14-26-42(33)56)30-44(46)57(50(38)47)52-54-48(31-16-4-3-5-17-31)51-49(55-52)37-23-11-15-27-45(37)58-51/h3-30H,1-2H3. The molecule has 1 aliphatic rings. The van der Waals surface area contributed by atoms with Crippen molar-refractivity contribution in [3.8, 4) is 34.0 Å². The van der Waals surface area contributed by atoms with Crippen LogP contribution < -0.4 is 0 Å². The van der Waals surface area contributed by atoms with E-state index in [1.54, 1.807) is 0 Å². The third-order valence-corrected chi connectivity index (χ3v) is 12.7. The zero-order valence-electron chi connectivity index (χ0n) is 31.9. The molecule has 0 bridgehead atoms. The van der Waals surface area contributed by atoms with Crippen LogP contribution in [-0.4, -0.2) is 19.1 Å². The minimum absolute atomic E-state index is 0.196. The average Bonchev–Trinajstić information content (AvgIpc) is 3.99. The Morgan fingerprint density at radius 2 is 1.14 bits per heavy atom. The molecule has 13 rings (SSSR count). The van der Waals surface area contributed by atoms with E-state index in [0.717, 1.165) is 44.5 Å². The van der Waals surface area contributed by atoms with Gasteiger partial charge in [0, 0.05) is 48.9 Å². The molecule has 0 atom stereocenters. The van der Waals surface area contributed by atoms with Gasteiger partial charge in [0.2, 0.25) is 5.95 Å². The van der Waals surface area contributed by atoms with Crippen molar-refractivity contribution in [1.29, 1.82) is 0 Å². The number of fused-ring (bicyclic) bond motifs is 15. The molecule has 0 aliphatic heterocycles. The summed E-state index contributed by atoms with van der Waals surface area (Å²) in [6.45, 7) is 4.69. The molecular weight excluding hydrogens is 709 g/mol. The highest BCUT2D eigenvalue weighted by atomic mass is 16.3. The molecule has 4 heterocycles. The number of furan rings is 1. The van der Waals surface area contributed by atoms with Crippen LogP contribution in [0.4, 0.5) is 0 Å². The maximum Gasteiger partial charge on any atom is 0.236 e. The Kier molecular flexibility index (Phi) is 6.17. The van der Waals surface area contributed by atoms with E-state index >= 15 is 0 Å². The molecule has 272 valence electrons. The Morgan fingerprint density at radius 3 is 1.91 bits per heavy atom. The van der Waals surface area contributed by atoms with Gasteiger partial charge in [0.25, 0.3) is 0 Å². The SMILES string of the molecule is CC1(C)c2ccccc2-c2c1ccc1c3c4ccccc4c(-n4c5ccccc5c5ccccc54)cc3n(-c3nc(-c4ccccc4)c4oc5ccccc5c4n3)c21. The van der Waals surface area contributed by atoms with Gasteiger partial charge in [-0.25, -0.2) is 9.97 Å². The van der Waals surface area contributed by atoms with Crippen LogP contribution in [-0.2, 0) is 5.41 Å². The molecule has 0 amide bonds. The molecule has 8 aromatic carbocycles. The van der Waals surface area contributed by atoms with Crippen molar-refractivity contribution >= 4 is 76.5 Å². The van der Waals surface area contributed by atoms with E-state index in [1.165, 1.54) is 65.6 Å². The van der Waals surface area contributed by atoms with Crippen LogP contribution in [0.2, 0.25) is 0 Å². The Labute approximate surface area is 333 Å². The lowest BCUT2D eigenvalue weighted by Gasteiger charge is -2.21. The third kappa shape index (κ3) is 4.04. The van der Waals surface area contributed by atoms with Gasteiger partial charge in [0.15, 0.2) is 5.58 Å². The van der Waals surface area contributed by atoms with Crippen molar-refractivity contribution in [3.63, 3.8) is 0 Å². The van der Waals surface area contributed by atoms with E-state index in [9.17, 15) is 0 Å². The van der Waals surface area contributed by atoms with Crippen LogP contribution in [0.15, 0.2) is 174 Å². The summed E-state index contributed by atoms with van der Waals surface area (Å²) in [5.74, 6) is 0.608. The summed E-state index contributed by atoms with van der Waals surface area (Å²) in [4.78, 5) is 11.1. The van der Waals surface area contributed by atoms with E-state index in [0.29, 0.717) is 11.5 Å². The average molecular weight is 743 g/mol. The molecular formula is C53H34N4O. The topological polar surface area (TPSA) is 48.8 Å².